The summed E-state index contributed by atoms with van der Waals surface area (Å²) in [6.45, 7) is 1.86. The average molecular weight is 296 g/mol. The second kappa shape index (κ2) is 4.90. The standard InChI is InChI=1S/C17H26ClNO/c18-10-12-1-2-19(11-12)16(20)9-17-6-13-3-14(7-17)5-15(4-13)8-17/h12-15H,1-11H2. The molecule has 2 nitrogen and oxygen atoms in total. The highest BCUT2D eigenvalue weighted by Crippen LogP contribution is 2.61. The van der Waals surface area contributed by atoms with Gasteiger partial charge in [-0.15, -0.1) is 11.6 Å². The van der Waals surface area contributed by atoms with E-state index in [2.05, 4.69) is 4.90 Å². The summed E-state index contributed by atoms with van der Waals surface area (Å²) in [6, 6.07) is 0. The molecule has 5 fully saturated rings. The van der Waals surface area contributed by atoms with Crippen LogP contribution in [-0.4, -0.2) is 29.8 Å². The van der Waals surface area contributed by atoms with Gasteiger partial charge in [0.25, 0.3) is 0 Å². The second-order valence-electron chi connectivity index (χ2n) is 8.24. The first-order valence-electron chi connectivity index (χ1n) is 8.49. The lowest BCUT2D eigenvalue weighted by molar-refractivity contribution is -0.138. The van der Waals surface area contributed by atoms with Crippen molar-refractivity contribution in [3.8, 4) is 0 Å². The molecule has 0 aromatic rings. The van der Waals surface area contributed by atoms with Crippen molar-refractivity contribution in [2.24, 2.45) is 29.1 Å². The van der Waals surface area contributed by atoms with Crippen molar-refractivity contribution in [1.29, 1.82) is 0 Å². The molecule has 5 rings (SSSR count). The largest absolute Gasteiger partial charge is 0.342 e. The van der Waals surface area contributed by atoms with Crippen LogP contribution in [0, 0.1) is 29.1 Å². The van der Waals surface area contributed by atoms with E-state index in [9.17, 15) is 4.79 Å². The highest BCUT2D eigenvalue weighted by atomic mass is 35.5. The Morgan fingerprint density at radius 3 is 2.20 bits per heavy atom. The molecule has 1 aliphatic heterocycles. The number of likely N-dealkylation sites (tertiary alicyclic amines) is 1. The van der Waals surface area contributed by atoms with Crippen LogP contribution in [0.15, 0.2) is 0 Å². The maximum absolute atomic E-state index is 12.7. The predicted molar refractivity (Wildman–Crippen MR) is 80.6 cm³/mol. The maximum atomic E-state index is 12.7. The molecular weight excluding hydrogens is 270 g/mol. The number of carbonyl (C=O) groups excluding carboxylic acids is 1. The minimum atomic E-state index is 0.394. The normalized spacial score (nSPS) is 46.1. The average Bonchev–Trinajstić information content (AvgIpc) is 2.85. The predicted octanol–water partition coefficient (Wildman–Crippen LogP) is 3.68. The summed E-state index contributed by atoms with van der Waals surface area (Å²) in [5.41, 5.74) is 0.394. The van der Waals surface area contributed by atoms with Gasteiger partial charge >= 0.3 is 0 Å². The SMILES string of the molecule is O=C(CC12CC3CC(CC(C3)C1)C2)N1CCC(CCl)C1. The van der Waals surface area contributed by atoms with Crippen LogP contribution in [-0.2, 0) is 4.79 Å². The summed E-state index contributed by atoms with van der Waals surface area (Å²) >= 11 is 5.94. The van der Waals surface area contributed by atoms with E-state index in [1.807, 2.05) is 0 Å². The van der Waals surface area contributed by atoms with E-state index < -0.39 is 0 Å². The van der Waals surface area contributed by atoms with Gasteiger partial charge in [0.1, 0.15) is 0 Å². The lowest BCUT2D eigenvalue weighted by Crippen LogP contribution is -2.48. The van der Waals surface area contributed by atoms with Crippen molar-refractivity contribution >= 4 is 17.5 Å². The van der Waals surface area contributed by atoms with Crippen molar-refractivity contribution < 1.29 is 4.79 Å². The van der Waals surface area contributed by atoms with Crippen LogP contribution in [0.1, 0.15) is 51.4 Å². The Balaban J connectivity index is 1.42. The highest BCUT2D eigenvalue weighted by molar-refractivity contribution is 6.18. The van der Waals surface area contributed by atoms with Crippen LogP contribution in [0.25, 0.3) is 0 Å². The van der Waals surface area contributed by atoms with Crippen LogP contribution >= 0.6 is 11.6 Å². The smallest absolute Gasteiger partial charge is 0.223 e. The number of halogens is 1. The van der Waals surface area contributed by atoms with Crippen LogP contribution < -0.4 is 0 Å². The van der Waals surface area contributed by atoms with Crippen molar-refractivity contribution in [2.45, 2.75) is 51.4 Å². The summed E-state index contributed by atoms with van der Waals surface area (Å²) in [5, 5.41) is 0. The molecule has 112 valence electrons. The Labute approximate surface area is 127 Å². The second-order valence-corrected chi connectivity index (χ2v) is 8.55. The monoisotopic (exact) mass is 295 g/mol. The molecule has 1 amide bonds. The van der Waals surface area contributed by atoms with Crippen LogP contribution in [0.5, 0.6) is 0 Å². The van der Waals surface area contributed by atoms with E-state index in [0.29, 0.717) is 23.1 Å². The lowest BCUT2D eigenvalue weighted by Gasteiger charge is -2.56. The molecule has 4 bridgehead atoms. The summed E-state index contributed by atoms with van der Waals surface area (Å²) < 4.78 is 0. The minimum Gasteiger partial charge on any atom is -0.342 e. The summed E-state index contributed by atoms with van der Waals surface area (Å²) in [5.74, 6) is 4.52. The molecule has 1 unspecified atom stereocenters. The Bertz CT molecular complexity index is 373. The first kappa shape index (κ1) is 13.4. The first-order valence-corrected chi connectivity index (χ1v) is 9.03. The molecule has 1 atom stereocenters. The van der Waals surface area contributed by atoms with Crippen molar-refractivity contribution in [3.63, 3.8) is 0 Å². The van der Waals surface area contributed by atoms with Crippen molar-refractivity contribution in [2.75, 3.05) is 19.0 Å². The van der Waals surface area contributed by atoms with Gasteiger partial charge in [-0.3, -0.25) is 4.79 Å². The fourth-order valence-electron chi connectivity index (χ4n) is 6.12. The van der Waals surface area contributed by atoms with Crippen molar-refractivity contribution in [1.82, 2.24) is 4.90 Å². The van der Waals surface area contributed by atoms with E-state index >= 15 is 0 Å². The minimum absolute atomic E-state index is 0.394. The van der Waals surface area contributed by atoms with E-state index in [1.54, 1.807) is 0 Å². The molecule has 0 N–H and O–H groups in total. The molecule has 0 radical (unpaired) electrons. The van der Waals surface area contributed by atoms with Gasteiger partial charge in [0.15, 0.2) is 0 Å². The first-order chi connectivity index (χ1) is 9.66. The zero-order valence-electron chi connectivity index (χ0n) is 12.3. The Morgan fingerprint density at radius 2 is 1.70 bits per heavy atom. The fraction of sp³-hybridized carbons (Fsp3) is 0.941. The van der Waals surface area contributed by atoms with Crippen LogP contribution in [0.4, 0.5) is 0 Å². The summed E-state index contributed by atoms with van der Waals surface area (Å²) in [7, 11) is 0. The lowest BCUT2D eigenvalue weighted by atomic mass is 9.49. The van der Waals surface area contributed by atoms with Gasteiger partial charge in [-0.25, -0.2) is 0 Å². The van der Waals surface area contributed by atoms with Gasteiger partial charge in [-0.1, -0.05) is 0 Å². The number of hydrogen-bond acceptors (Lipinski definition) is 1. The van der Waals surface area contributed by atoms with Gasteiger partial charge in [-0.2, -0.15) is 0 Å². The molecule has 3 heteroatoms. The molecular formula is C17H26ClNO. The molecule has 5 aliphatic rings. The van der Waals surface area contributed by atoms with E-state index in [1.165, 1.54) is 38.5 Å². The number of hydrogen-bond donors (Lipinski definition) is 0. The molecule has 20 heavy (non-hydrogen) atoms. The van der Waals surface area contributed by atoms with E-state index in [0.717, 1.165) is 43.7 Å². The topological polar surface area (TPSA) is 20.3 Å². The molecule has 4 saturated carbocycles. The van der Waals surface area contributed by atoms with Gasteiger partial charge in [-0.05, 0) is 74.0 Å². The number of alkyl halides is 1. The number of nitrogens with zero attached hydrogens (tertiary/aromatic N) is 1. The third-order valence-electron chi connectivity index (χ3n) is 6.55. The molecule has 0 aromatic carbocycles. The third kappa shape index (κ3) is 2.28. The summed E-state index contributed by atoms with van der Waals surface area (Å²) in [4.78, 5) is 14.8. The Morgan fingerprint density at radius 1 is 1.10 bits per heavy atom. The molecule has 0 spiro atoms. The number of amides is 1. The zero-order valence-corrected chi connectivity index (χ0v) is 13.1. The Kier molecular flexibility index (Phi) is 3.29. The highest BCUT2D eigenvalue weighted by Gasteiger charge is 2.51. The molecule has 4 aliphatic carbocycles. The number of carbonyl (C=O) groups is 1. The molecule has 0 aromatic heterocycles. The van der Waals surface area contributed by atoms with Gasteiger partial charge in [0.05, 0.1) is 0 Å². The van der Waals surface area contributed by atoms with Gasteiger partial charge < -0.3 is 4.90 Å². The van der Waals surface area contributed by atoms with E-state index in [-0.39, 0.29) is 0 Å². The van der Waals surface area contributed by atoms with Crippen LogP contribution in [0.2, 0.25) is 0 Å². The van der Waals surface area contributed by atoms with Gasteiger partial charge in [0.2, 0.25) is 5.91 Å². The van der Waals surface area contributed by atoms with E-state index in [4.69, 9.17) is 11.6 Å². The maximum Gasteiger partial charge on any atom is 0.223 e. The molecule has 1 saturated heterocycles. The zero-order chi connectivity index (χ0) is 13.7. The quantitative estimate of drug-likeness (QED) is 0.727. The summed E-state index contributed by atoms with van der Waals surface area (Å²) in [6.07, 6.45) is 10.4. The van der Waals surface area contributed by atoms with Gasteiger partial charge in [0, 0.05) is 25.4 Å². The fourth-order valence-corrected chi connectivity index (χ4v) is 6.38. The third-order valence-corrected chi connectivity index (χ3v) is 6.98. The molecule has 1 heterocycles. The number of rotatable bonds is 3. The van der Waals surface area contributed by atoms with Crippen molar-refractivity contribution in [3.05, 3.63) is 0 Å². The Hall–Kier alpha value is -0.240. The van der Waals surface area contributed by atoms with Crippen LogP contribution in [0.3, 0.4) is 0 Å².